The summed E-state index contributed by atoms with van der Waals surface area (Å²) in [6, 6.07) is 4.94. The Morgan fingerprint density at radius 2 is 2.04 bits per heavy atom. The van der Waals surface area contributed by atoms with Crippen molar-refractivity contribution in [3.63, 3.8) is 0 Å². The lowest BCUT2D eigenvalue weighted by molar-refractivity contribution is -0.167. The lowest BCUT2D eigenvalue weighted by Gasteiger charge is -2.23. The number of ether oxygens (including phenoxy) is 1. The largest absolute Gasteiger partial charge is 0.492 e. The molecule has 0 atom stereocenters. The fraction of sp³-hybridized carbons (Fsp3) is 0.562. The average Bonchev–Trinajstić information content (AvgIpc) is 2.50. The first-order valence-electron chi connectivity index (χ1n) is 7.74. The minimum absolute atomic E-state index is 0.0447. The fourth-order valence-corrected chi connectivity index (χ4v) is 2.68. The second kappa shape index (κ2) is 7.68. The number of nitrogens with one attached hydrogen (secondary N) is 2. The van der Waals surface area contributed by atoms with Gasteiger partial charge in [-0.1, -0.05) is 6.07 Å². The number of carbonyl (C=O) groups is 1. The molecule has 0 bridgehead atoms. The maximum atomic E-state index is 12.4. The molecule has 1 saturated heterocycles. The third-order valence-electron chi connectivity index (χ3n) is 3.83. The Kier molecular flexibility index (Phi) is 5.87. The Bertz CT molecular complexity index is 541. The molecule has 0 unspecified atom stereocenters. The highest BCUT2D eigenvalue weighted by Gasteiger charge is 2.39. The van der Waals surface area contributed by atoms with Crippen LogP contribution in [0.15, 0.2) is 18.2 Å². The molecule has 128 valence electrons. The zero-order valence-corrected chi connectivity index (χ0v) is 13.0. The quantitative estimate of drug-likeness (QED) is 0.872. The fourth-order valence-electron chi connectivity index (χ4n) is 2.68. The van der Waals surface area contributed by atoms with Gasteiger partial charge in [-0.25, -0.2) is 0 Å². The monoisotopic (exact) mass is 330 g/mol. The maximum absolute atomic E-state index is 12.4. The van der Waals surface area contributed by atoms with Crippen LogP contribution in [-0.2, 0) is 11.2 Å². The zero-order chi connectivity index (χ0) is 16.9. The lowest BCUT2D eigenvalue weighted by Crippen LogP contribution is -2.30. The van der Waals surface area contributed by atoms with Crippen molar-refractivity contribution in [3.05, 3.63) is 23.8 Å². The van der Waals surface area contributed by atoms with E-state index >= 15 is 0 Å². The first kappa shape index (κ1) is 17.6. The first-order chi connectivity index (χ1) is 10.9. The number of amides is 1. The Labute approximate surface area is 133 Å². The van der Waals surface area contributed by atoms with Crippen LogP contribution in [-0.4, -0.2) is 31.8 Å². The second-order valence-corrected chi connectivity index (χ2v) is 5.61. The van der Waals surface area contributed by atoms with E-state index in [0.29, 0.717) is 12.5 Å². The molecule has 1 heterocycles. The second-order valence-electron chi connectivity index (χ2n) is 5.61. The molecule has 7 heteroatoms. The average molecular weight is 330 g/mol. The molecule has 4 nitrogen and oxygen atoms in total. The van der Waals surface area contributed by atoms with Crippen molar-refractivity contribution in [2.45, 2.75) is 32.4 Å². The van der Waals surface area contributed by atoms with Gasteiger partial charge in [0.05, 0.1) is 12.3 Å². The normalized spacial score (nSPS) is 16.2. The van der Waals surface area contributed by atoms with E-state index in [-0.39, 0.29) is 11.4 Å². The molecule has 1 amide bonds. The molecule has 2 N–H and O–H groups in total. The standard InChI is InChI=1S/C16H21F3N2O2/c1-2-23-14-10-12(9-11-5-7-20-8-6-11)3-4-13(14)21-15(22)16(17,18)19/h3-4,10-11,20H,2,5-9H2,1H3,(H,21,22). The molecule has 1 aliphatic rings. The van der Waals surface area contributed by atoms with Crippen LogP contribution in [0.1, 0.15) is 25.3 Å². The summed E-state index contributed by atoms with van der Waals surface area (Å²) in [5, 5.41) is 5.17. The number of anilines is 1. The molecule has 0 radical (unpaired) electrons. The summed E-state index contributed by atoms with van der Waals surface area (Å²) in [6.07, 6.45) is -1.90. The van der Waals surface area contributed by atoms with Crippen molar-refractivity contribution < 1.29 is 22.7 Å². The van der Waals surface area contributed by atoms with Crippen LogP contribution in [0.2, 0.25) is 0 Å². The molecular weight excluding hydrogens is 309 g/mol. The number of benzene rings is 1. The van der Waals surface area contributed by atoms with Gasteiger partial charge in [-0.05, 0) is 62.9 Å². The predicted octanol–water partition coefficient (Wildman–Crippen LogP) is 3.13. The Hall–Kier alpha value is -1.76. The van der Waals surface area contributed by atoms with Gasteiger partial charge in [0.2, 0.25) is 0 Å². The van der Waals surface area contributed by atoms with Crippen LogP contribution in [0, 0.1) is 5.92 Å². The van der Waals surface area contributed by atoms with Crippen LogP contribution in [0.25, 0.3) is 0 Å². The van der Waals surface area contributed by atoms with Crippen molar-refractivity contribution in [2.75, 3.05) is 25.0 Å². The van der Waals surface area contributed by atoms with E-state index in [1.165, 1.54) is 6.07 Å². The van der Waals surface area contributed by atoms with Gasteiger partial charge in [-0.15, -0.1) is 0 Å². The number of hydrogen-bond acceptors (Lipinski definition) is 3. The highest BCUT2D eigenvalue weighted by atomic mass is 19.4. The van der Waals surface area contributed by atoms with Gasteiger partial charge in [0.25, 0.3) is 0 Å². The van der Waals surface area contributed by atoms with E-state index in [2.05, 4.69) is 5.32 Å². The molecule has 1 fully saturated rings. The molecule has 2 rings (SSSR count). The van der Waals surface area contributed by atoms with Crippen molar-refractivity contribution >= 4 is 11.6 Å². The highest BCUT2D eigenvalue weighted by Crippen LogP contribution is 2.30. The molecule has 1 aromatic rings. The first-order valence-corrected chi connectivity index (χ1v) is 7.74. The summed E-state index contributed by atoms with van der Waals surface area (Å²) in [4.78, 5) is 11.1. The molecule has 0 aromatic heterocycles. The molecule has 23 heavy (non-hydrogen) atoms. The summed E-state index contributed by atoms with van der Waals surface area (Å²) in [6.45, 7) is 4.03. The molecule has 1 aliphatic heterocycles. The Morgan fingerprint density at radius 3 is 2.65 bits per heavy atom. The third kappa shape index (κ3) is 5.13. The van der Waals surface area contributed by atoms with Crippen LogP contribution >= 0.6 is 0 Å². The number of piperidine rings is 1. The van der Waals surface area contributed by atoms with Crippen molar-refractivity contribution in [3.8, 4) is 5.75 Å². The lowest BCUT2D eigenvalue weighted by atomic mass is 9.91. The summed E-state index contributed by atoms with van der Waals surface area (Å²) < 4.78 is 42.5. The van der Waals surface area contributed by atoms with Crippen molar-refractivity contribution in [2.24, 2.45) is 5.92 Å². The number of hydrogen-bond donors (Lipinski definition) is 2. The summed E-state index contributed by atoms with van der Waals surface area (Å²) in [5.74, 6) is -1.16. The van der Waals surface area contributed by atoms with Crippen LogP contribution < -0.4 is 15.4 Å². The van der Waals surface area contributed by atoms with E-state index in [1.54, 1.807) is 19.1 Å². The van der Waals surface area contributed by atoms with E-state index < -0.39 is 12.1 Å². The van der Waals surface area contributed by atoms with Gasteiger partial charge < -0.3 is 15.4 Å². The number of alkyl halides is 3. The van der Waals surface area contributed by atoms with Crippen LogP contribution in [0.3, 0.4) is 0 Å². The minimum Gasteiger partial charge on any atom is -0.492 e. The highest BCUT2D eigenvalue weighted by molar-refractivity contribution is 5.96. The molecule has 1 aromatic carbocycles. The Balaban J connectivity index is 2.12. The summed E-state index contributed by atoms with van der Waals surface area (Å²) in [7, 11) is 0. The number of rotatable bonds is 5. The van der Waals surface area contributed by atoms with Gasteiger partial charge in [0.1, 0.15) is 5.75 Å². The van der Waals surface area contributed by atoms with E-state index in [0.717, 1.165) is 37.9 Å². The van der Waals surface area contributed by atoms with Gasteiger partial charge in [-0.2, -0.15) is 13.2 Å². The third-order valence-corrected chi connectivity index (χ3v) is 3.83. The topological polar surface area (TPSA) is 50.4 Å². The molecule has 0 saturated carbocycles. The minimum atomic E-state index is -4.92. The summed E-state index contributed by atoms with van der Waals surface area (Å²) >= 11 is 0. The van der Waals surface area contributed by atoms with E-state index in [1.807, 2.05) is 5.32 Å². The zero-order valence-electron chi connectivity index (χ0n) is 13.0. The number of carbonyl (C=O) groups excluding carboxylic acids is 1. The maximum Gasteiger partial charge on any atom is 0.471 e. The number of halogens is 3. The van der Waals surface area contributed by atoms with Crippen LogP contribution in [0.4, 0.5) is 18.9 Å². The summed E-state index contributed by atoms with van der Waals surface area (Å²) in [5.41, 5.74) is 1.05. The molecule has 0 spiro atoms. The molecular formula is C16H21F3N2O2. The van der Waals surface area contributed by atoms with Crippen molar-refractivity contribution in [1.82, 2.24) is 5.32 Å². The van der Waals surface area contributed by atoms with Gasteiger partial charge in [-0.3, -0.25) is 4.79 Å². The van der Waals surface area contributed by atoms with E-state index in [4.69, 9.17) is 4.74 Å². The Morgan fingerprint density at radius 1 is 1.35 bits per heavy atom. The van der Waals surface area contributed by atoms with E-state index in [9.17, 15) is 18.0 Å². The smallest absolute Gasteiger partial charge is 0.471 e. The van der Waals surface area contributed by atoms with Crippen molar-refractivity contribution in [1.29, 1.82) is 0 Å². The van der Waals surface area contributed by atoms with Gasteiger partial charge in [0.15, 0.2) is 0 Å². The van der Waals surface area contributed by atoms with Crippen LogP contribution in [0.5, 0.6) is 5.75 Å². The predicted molar refractivity (Wildman–Crippen MR) is 81.6 cm³/mol. The molecule has 0 aliphatic carbocycles. The SMILES string of the molecule is CCOc1cc(CC2CCNCC2)ccc1NC(=O)C(F)(F)F. The van der Waals surface area contributed by atoms with Gasteiger partial charge >= 0.3 is 12.1 Å². The van der Waals surface area contributed by atoms with Gasteiger partial charge in [0, 0.05) is 0 Å².